The maximum atomic E-state index is 12.9. The molecular formula is C15H14BrN3O7S2. The molecule has 4 rings (SSSR count). The number of nitrogens with zero attached hydrogens (tertiary/aromatic N) is 3. The van der Waals surface area contributed by atoms with Gasteiger partial charge in [-0.2, -0.15) is 0 Å². The molecule has 1 N–H and O–H groups in total. The minimum atomic E-state index is -3.56. The third-order valence-electron chi connectivity index (χ3n) is 4.71. The number of rotatable bonds is 4. The van der Waals surface area contributed by atoms with E-state index in [2.05, 4.69) is 20.9 Å². The molecule has 150 valence electrons. The average molecular weight is 492 g/mol. The van der Waals surface area contributed by atoms with Crippen LogP contribution in [0.25, 0.3) is 0 Å². The molecule has 2 unspecified atom stereocenters. The third kappa shape index (κ3) is 2.63. The van der Waals surface area contributed by atoms with Crippen molar-refractivity contribution in [2.45, 2.75) is 40.8 Å². The molecule has 10 nitrogen and oxygen atoms in total. The lowest BCUT2D eigenvalue weighted by atomic mass is 9.89. The number of esters is 1. The Bertz CT molecular complexity index is 1050. The SMILES string of the molecule is CC(=O)OC(c1cn2c(n1)S(=O)(=O)CCC2)C1(Br)C(=O)N2C(C(=O)O)=CS[C@@H]21. The number of sulfone groups is 1. The van der Waals surface area contributed by atoms with Crippen LogP contribution in [0.3, 0.4) is 0 Å². The Labute approximate surface area is 172 Å². The first-order valence-electron chi connectivity index (χ1n) is 8.16. The van der Waals surface area contributed by atoms with Crippen molar-refractivity contribution in [3.63, 3.8) is 0 Å². The Hall–Kier alpha value is -1.86. The van der Waals surface area contributed by atoms with Gasteiger partial charge in [0.2, 0.25) is 15.0 Å². The molecule has 0 saturated carbocycles. The van der Waals surface area contributed by atoms with Crippen molar-refractivity contribution in [2.75, 3.05) is 5.75 Å². The monoisotopic (exact) mass is 491 g/mol. The lowest BCUT2D eigenvalue weighted by Gasteiger charge is -2.51. The van der Waals surface area contributed by atoms with Crippen molar-refractivity contribution in [1.82, 2.24) is 14.5 Å². The molecule has 1 amide bonds. The number of aliphatic carboxylic acids is 1. The second-order valence-electron chi connectivity index (χ2n) is 6.54. The summed E-state index contributed by atoms with van der Waals surface area (Å²) in [6, 6.07) is 0. The number of carbonyl (C=O) groups excluding carboxylic acids is 2. The number of halogens is 1. The number of amides is 1. The number of β-lactam (4-membered cyclic amide) rings is 1. The van der Waals surface area contributed by atoms with Crippen molar-refractivity contribution in [3.8, 4) is 0 Å². The highest BCUT2D eigenvalue weighted by atomic mass is 79.9. The fourth-order valence-corrected chi connectivity index (χ4v) is 7.20. The standard InChI is InChI=1S/C15H14BrN3O7S2/c1-7(20)26-10(8-5-18-3-2-4-28(24,25)14(18)17-8)15(16)12(23)19-9(11(21)22)6-27-13(15)19/h5-6,10,13H,2-4H2,1H3,(H,21,22)/t10?,13-,15?/m1/s1. The van der Waals surface area contributed by atoms with Gasteiger partial charge in [0.15, 0.2) is 10.4 Å². The molecule has 0 radical (unpaired) electrons. The summed E-state index contributed by atoms with van der Waals surface area (Å²) in [5.74, 6) is -2.56. The largest absolute Gasteiger partial charge is 0.477 e. The van der Waals surface area contributed by atoms with Gasteiger partial charge in [-0.3, -0.25) is 14.5 Å². The van der Waals surface area contributed by atoms with Crippen LogP contribution >= 0.6 is 27.7 Å². The number of aromatic nitrogens is 2. The van der Waals surface area contributed by atoms with Crippen LogP contribution in [-0.2, 0) is 35.5 Å². The fraction of sp³-hybridized carbons (Fsp3) is 0.467. The van der Waals surface area contributed by atoms with Gasteiger partial charge >= 0.3 is 11.9 Å². The number of carbonyl (C=O) groups is 3. The van der Waals surface area contributed by atoms with Gasteiger partial charge in [-0.15, -0.1) is 11.8 Å². The molecule has 1 aromatic rings. The van der Waals surface area contributed by atoms with Gasteiger partial charge < -0.3 is 14.4 Å². The summed E-state index contributed by atoms with van der Waals surface area (Å²) >= 11 is 4.45. The van der Waals surface area contributed by atoms with E-state index in [0.29, 0.717) is 13.0 Å². The van der Waals surface area contributed by atoms with Crippen LogP contribution in [0.4, 0.5) is 0 Å². The van der Waals surface area contributed by atoms with Crippen LogP contribution in [0.1, 0.15) is 25.1 Å². The number of fused-ring (bicyclic) bond motifs is 2. The molecule has 3 aliphatic rings. The Morgan fingerprint density at radius 2 is 2.21 bits per heavy atom. The van der Waals surface area contributed by atoms with Crippen LogP contribution in [0.5, 0.6) is 0 Å². The zero-order valence-corrected chi connectivity index (χ0v) is 17.6. The first-order valence-corrected chi connectivity index (χ1v) is 11.5. The first kappa shape index (κ1) is 19.5. The normalized spacial score (nSPS) is 28.6. The van der Waals surface area contributed by atoms with E-state index in [-0.39, 0.29) is 22.3 Å². The van der Waals surface area contributed by atoms with Crippen molar-refractivity contribution >= 4 is 55.4 Å². The highest BCUT2D eigenvalue weighted by molar-refractivity contribution is 9.10. The molecule has 1 aromatic heterocycles. The summed E-state index contributed by atoms with van der Waals surface area (Å²) in [5, 5.41) is 9.78. The topological polar surface area (TPSA) is 136 Å². The molecule has 28 heavy (non-hydrogen) atoms. The Morgan fingerprint density at radius 1 is 1.50 bits per heavy atom. The molecule has 3 atom stereocenters. The lowest BCUT2D eigenvalue weighted by molar-refractivity contribution is -0.162. The number of carboxylic acid groups (broad SMARTS) is 1. The van der Waals surface area contributed by atoms with E-state index in [9.17, 15) is 27.9 Å². The maximum absolute atomic E-state index is 12.9. The number of imidazole rings is 1. The predicted molar refractivity (Wildman–Crippen MR) is 99.0 cm³/mol. The first-order chi connectivity index (χ1) is 13.1. The van der Waals surface area contributed by atoms with E-state index in [1.54, 1.807) is 0 Å². The number of ether oxygens (including phenoxy) is 1. The summed E-state index contributed by atoms with van der Waals surface area (Å²) < 4.78 is 29.9. The molecule has 0 spiro atoms. The zero-order valence-electron chi connectivity index (χ0n) is 14.4. The Kier molecular flexibility index (Phi) is 4.39. The van der Waals surface area contributed by atoms with E-state index >= 15 is 0 Å². The fourth-order valence-electron chi connectivity index (χ4n) is 3.49. The summed E-state index contributed by atoms with van der Waals surface area (Å²) in [6.45, 7) is 1.60. The molecule has 1 saturated heterocycles. The molecule has 0 aromatic carbocycles. The number of thioether (sulfide) groups is 1. The van der Waals surface area contributed by atoms with Gasteiger partial charge in [-0.05, 0) is 6.42 Å². The molecule has 13 heteroatoms. The van der Waals surface area contributed by atoms with Gasteiger partial charge in [-0.25, -0.2) is 18.2 Å². The van der Waals surface area contributed by atoms with Crippen molar-refractivity contribution in [2.24, 2.45) is 0 Å². The summed E-state index contributed by atoms with van der Waals surface area (Å²) in [4.78, 5) is 41.2. The molecular weight excluding hydrogens is 478 g/mol. The van der Waals surface area contributed by atoms with Gasteiger partial charge in [0.05, 0.1) is 5.75 Å². The summed E-state index contributed by atoms with van der Waals surface area (Å²) in [6.07, 6.45) is 0.671. The Balaban J connectivity index is 1.75. The molecule has 1 fully saturated rings. The quantitative estimate of drug-likeness (QED) is 0.365. The van der Waals surface area contributed by atoms with E-state index < -0.39 is 43.5 Å². The smallest absolute Gasteiger partial charge is 0.353 e. The van der Waals surface area contributed by atoms with Crippen LogP contribution in [0.2, 0.25) is 0 Å². The minimum Gasteiger partial charge on any atom is -0.477 e. The predicted octanol–water partition coefficient (Wildman–Crippen LogP) is 0.639. The maximum Gasteiger partial charge on any atom is 0.353 e. The highest BCUT2D eigenvalue weighted by Crippen LogP contribution is 2.57. The van der Waals surface area contributed by atoms with E-state index in [1.165, 1.54) is 23.1 Å². The number of carboxylic acids is 1. The third-order valence-corrected chi connectivity index (χ3v) is 9.11. The summed E-state index contributed by atoms with van der Waals surface area (Å²) in [7, 11) is -3.56. The van der Waals surface area contributed by atoms with Gasteiger partial charge in [0.1, 0.15) is 16.8 Å². The van der Waals surface area contributed by atoms with Crippen LogP contribution in [0, 0.1) is 0 Å². The van der Waals surface area contributed by atoms with E-state index in [0.717, 1.165) is 16.7 Å². The van der Waals surface area contributed by atoms with Crippen LogP contribution in [0.15, 0.2) is 22.5 Å². The molecule has 3 aliphatic heterocycles. The molecule has 0 aliphatic carbocycles. The van der Waals surface area contributed by atoms with Crippen molar-refractivity contribution < 1.29 is 32.6 Å². The van der Waals surface area contributed by atoms with Gasteiger partial charge in [-0.1, -0.05) is 15.9 Å². The molecule has 0 bridgehead atoms. The van der Waals surface area contributed by atoms with Crippen molar-refractivity contribution in [3.05, 3.63) is 23.0 Å². The van der Waals surface area contributed by atoms with Crippen LogP contribution < -0.4 is 0 Å². The molecule has 4 heterocycles. The highest BCUT2D eigenvalue weighted by Gasteiger charge is 2.69. The number of hydrogen-bond acceptors (Lipinski definition) is 8. The second kappa shape index (κ2) is 6.32. The minimum absolute atomic E-state index is 0.0295. The Morgan fingerprint density at radius 3 is 2.82 bits per heavy atom. The number of hydrogen-bond donors (Lipinski definition) is 1. The average Bonchev–Trinajstić information content (AvgIpc) is 3.22. The van der Waals surface area contributed by atoms with E-state index in [4.69, 9.17) is 4.74 Å². The van der Waals surface area contributed by atoms with Crippen LogP contribution in [-0.4, -0.2) is 61.3 Å². The van der Waals surface area contributed by atoms with Crippen molar-refractivity contribution in [1.29, 1.82) is 0 Å². The zero-order chi connectivity index (χ0) is 20.4. The lowest BCUT2D eigenvalue weighted by Crippen LogP contribution is -2.70. The summed E-state index contributed by atoms with van der Waals surface area (Å²) in [5.41, 5.74) is -0.0479. The number of aryl methyl sites for hydroxylation is 1. The number of alkyl halides is 1. The van der Waals surface area contributed by atoms with E-state index in [1.807, 2.05) is 0 Å². The second-order valence-corrected chi connectivity index (χ2v) is 10.8. The van der Waals surface area contributed by atoms with Gasteiger partial charge in [0, 0.05) is 25.1 Å². The van der Waals surface area contributed by atoms with Gasteiger partial charge in [0.25, 0.3) is 5.91 Å².